The van der Waals surface area contributed by atoms with Gasteiger partial charge in [0.05, 0.1) is 11.5 Å². The maximum atomic E-state index is 11.6. The lowest BCUT2D eigenvalue weighted by Crippen LogP contribution is -2.59. The molecule has 0 bridgehead atoms. The Kier molecular flexibility index (Phi) is 4.87. The summed E-state index contributed by atoms with van der Waals surface area (Å²) < 4.78 is 28.4. The highest BCUT2D eigenvalue weighted by Gasteiger charge is 2.41. The summed E-state index contributed by atoms with van der Waals surface area (Å²) >= 11 is 0. The van der Waals surface area contributed by atoms with E-state index < -0.39 is 9.84 Å². The summed E-state index contributed by atoms with van der Waals surface area (Å²) in [5.41, 5.74) is 5.91. The first-order chi connectivity index (χ1) is 9.01. The minimum Gasteiger partial charge on any atom is -0.384 e. The van der Waals surface area contributed by atoms with Crippen LogP contribution in [0, 0.1) is 5.92 Å². The number of hydrogen-bond acceptors (Lipinski definition) is 5. The molecule has 112 valence electrons. The van der Waals surface area contributed by atoms with E-state index in [0.717, 1.165) is 32.5 Å². The van der Waals surface area contributed by atoms with Crippen LogP contribution in [0.3, 0.4) is 0 Å². The van der Waals surface area contributed by atoms with Crippen molar-refractivity contribution in [1.82, 2.24) is 4.90 Å². The van der Waals surface area contributed by atoms with Crippen molar-refractivity contribution in [3.05, 3.63) is 0 Å². The van der Waals surface area contributed by atoms with Gasteiger partial charge in [-0.3, -0.25) is 4.90 Å². The Labute approximate surface area is 116 Å². The molecule has 2 fully saturated rings. The molecule has 0 amide bonds. The molecule has 6 heteroatoms. The quantitative estimate of drug-likeness (QED) is 0.803. The Hall–Kier alpha value is -0.170. The van der Waals surface area contributed by atoms with Gasteiger partial charge in [-0.1, -0.05) is 0 Å². The van der Waals surface area contributed by atoms with Gasteiger partial charge in [0.25, 0.3) is 0 Å². The van der Waals surface area contributed by atoms with Gasteiger partial charge in [0.15, 0.2) is 0 Å². The van der Waals surface area contributed by atoms with Crippen LogP contribution in [-0.4, -0.2) is 63.7 Å². The van der Waals surface area contributed by atoms with Crippen molar-refractivity contribution in [2.24, 2.45) is 11.7 Å². The molecule has 0 saturated carbocycles. The highest BCUT2D eigenvalue weighted by atomic mass is 32.2. The zero-order chi connectivity index (χ0) is 13.9. The SMILES string of the molecule is COCC1CCN(C2(CN)CCS(=O)(=O)CC2)CC1. The van der Waals surface area contributed by atoms with Gasteiger partial charge in [0, 0.05) is 25.8 Å². The molecule has 19 heavy (non-hydrogen) atoms. The molecular weight excluding hydrogens is 264 g/mol. The normalized spacial score (nSPS) is 28.3. The van der Waals surface area contributed by atoms with Gasteiger partial charge in [-0.2, -0.15) is 0 Å². The van der Waals surface area contributed by atoms with Crippen molar-refractivity contribution in [3.63, 3.8) is 0 Å². The van der Waals surface area contributed by atoms with Gasteiger partial charge in [-0.25, -0.2) is 8.42 Å². The first kappa shape index (κ1) is 15.2. The topological polar surface area (TPSA) is 72.6 Å². The van der Waals surface area contributed by atoms with E-state index in [0.29, 0.717) is 36.8 Å². The first-order valence-electron chi connectivity index (χ1n) is 7.16. The molecule has 0 aromatic carbocycles. The highest BCUT2D eigenvalue weighted by molar-refractivity contribution is 7.91. The third kappa shape index (κ3) is 3.48. The standard InChI is InChI=1S/C13H26N2O3S/c1-18-10-12-2-6-15(7-3-12)13(11-14)4-8-19(16,17)9-5-13/h12H,2-11,14H2,1H3. The first-order valence-corrected chi connectivity index (χ1v) is 8.98. The van der Waals surface area contributed by atoms with Gasteiger partial charge in [0.1, 0.15) is 9.84 Å². The van der Waals surface area contributed by atoms with E-state index in [4.69, 9.17) is 10.5 Å². The van der Waals surface area contributed by atoms with Crippen molar-refractivity contribution >= 4 is 9.84 Å². The Balaban J connectivity index is 1.96. The third-order valence-electron chi connectivity index (χ3n) is 4.82. The van der Waals surface area contributed by atoms with Crippen LogP contribution < -0.4 is 5.73 Å². The van der Waals surface area contributed by atoms with Crippen LogP contribution >= 0.6 is 0 Å². The number of piperidine rings is 1. The summed E-state index contributed by atoms with van der Waals surface area (Å²) in [7, 11) is -1.07. The van der Waals surface area contributed by atoms with Gasteiger partial charge < -0.3 is 10.5 Å². The fraction of sp³-hybridized carbons (Fsp3) is 1.00. The van der Waals surface area contributed by atoms with Crippen LogP contribution in [0.25, 0.3) is 0 Å². The average molecular weight is 290 g/mol. The summed E-state index contributed by atoms with van der Waals surface area (Å²) in [5.74, 6) is 1.23. The third-order valence-corrected chi connectivity index (χ3v) is 6.48. The van der Waals surface area contributed by atoms with Crippen LogP contribution in [0.2, 0.25) is 0 Å². The molecule has 0 radical (unpaired) electrons. The van der Waals surface area contributed by atoms with Gasteiger partial charge >= 0.3 is 0 Å². The van der Waals surface area contributed by atoms with Crippen LogP contribution in [-0.2, 0) is 14.6 Å². The van der Waals surface area contributed by atoms with Crippen molar-refractivity contribution in [1.29, 1.82) is 0 Å². The predicted molar refractivity (Wildman–Crippen MR) is 75.8 cm³/mol. The Morgan fingerprint density at radius 2 is 1.84 bits per heavy atom. The molecule has 2 aliphatic heterocycles. The van der Waals surface area contributed by atoms with E-state index in [1.807, 2.05) is 0 Å². The van der Waals surface area contributed by atoms with E-state index in [1.165, 1.54) is 0 Å². The monoisotopic (exact) mass is 290 g/mol. The Bertz CT molecular complexity index is 375. The van der Waals surface area contributed by atoms with Crippen molar-refractivity contribution in [2.75, 3.05) is 44.9 Å². The van der Waals surface area contributed by atoms with E-state index in [9.17, 15) is 8.42 Å². The zero-order valence-electron chi connectivity index (χ0n) is 11.8. The maximum Gasteiger partial charge on any atom is 0.150 e. The number of nitrogens with two attached hydrogens (primary N) is 1. The van der Waals surface area contributed by atoms with Crippen LogP contribution in [0.15, 0.2) is 0 Å². The average Bonchev–Trinajstić information content (AvgIpc) is 2.41. The number of ether oxygens (including phenoxy) is 1. The van der Waals surface area contributed by atoms with Crippen LogP contribution in [0.4, 0.5) is 0 Å². The Morgan fingerprint density at radius 1 is 1.26 bits per heavy atom. The lowest BCUT2D eigenvalue weighted by molar-refractivity contribution is 0.0279. The summed E-state index contributed by atoms with van der Waals surface area (Å²) in [4.78, 5) is 2.44. The highest BCUT2D eigenvalue weighted by Crippen LogP contribution is 2.32. The van der Waals surface area contributed by atoms with E-state index in [2.05, 4.69) is 4.90 Å². The van der Waals surface area contributed by atoms with Gasteiger partial charge in [-0.05, 0) is 44.7 Å². The van der Waals surface area contributed by atoms with E-state index in [-0.39, 0.29) is 5.54 Å². The maximum absolute atomic E-state index is 11.6. The molecule has 2 heterocycles. The van der Waals surface area contributed by atoms with E-state index >= 15 is 0 Å². The summed E-state index contributed by atoms with van der Waals surface area (Å²) in [6.45, 7) is 3.44. The van der Waals surface area contributed by atoms with Crippen molar-refractivity contribution in [3.8, 4) is 0 Å². The van der Waals surface area contributed by atoms with Gasteiger partial charge in [-0.15, -0.1) is 0 Å². The summed E-state index contributed by atoms with van der Waals surface area (Å²) in [6.07, 6.45) is 3.65. The fourth-order valence-electron chi connectivity index (χ4n) is 3.38. The lowest BCUT2D eigenvalue weighted by atomic mass is 9.86. The van der Waals surface area contributed by atoms with Gasteiger partial charge in [0.2, 0.25) is 0 Å². The molecule has 0 aliphatic carbocycles. The van der Waals surface area contributed by atoms with Crippen LogP contribution in [0.5, 0.6) is 0 Å². The molecule has 2 aliphatic rings. The summed E-state index contributed by atoms with van der Waals surface area (Å²) in [6, 6.07) is 0. The molecular formula is C13H26N2O3S. The zero-order valence-corrected chi connectivity index (χ0v) is 12.6. The number of nitrogens with zero attached hydrogens (tertiary/aromatic N) is 1. The minimum atomic E-state index is -2.82. The van der Waals surface area contributed by atoms with Crippen molar-refractivity contribution < 1.29 is 13.2 Å². The Morgan fingerprint density at radius 3 is 2.32 bits per heavy atom. The molecule has 0 aromatic rings. The number of methoxy groups -OCH3 is 1. The minimum absolute atomic E-state index is 0.0800. The van der Waals surface area contributed by atoms with E-state index in [1.54, 1.807) is 7.11 Å². The second-order valence-corrected chi connectivity index (χ2v) is 8.27. The number of hydrogen-bond donors (Lipinski definition) is 1. The molecule has 5 nitrogen and oxygen atoms in total. The summed E-state index contributed by atoms with van der Waals surface area (Å²) in [5, 5.41) is 0. The largest absolute Gasteiger partial charge is 0.384 e. The molecule has 0 atom stereocenters. The number of sulfone groups is 1. The molecule has 2 saturated heterocycles. The molecule has 0 unspecified atom stereocenters. The number of rotatable bonds is 4. The fourth-order valence-corrected chi connectivity index (χ4v) is 4.96. The van der Waals surface area contributed by atoms with Crippen LogP contribution in [0.1, 0.15) is 25.7 Å². The molecule has 0 spiro atoms. The predicted octanol–water partition coefficient (Wildman–Crippen LogP) is 0.251. The van der Waals surface area contributed by atoms with Crippen molar-refractivity contribution in [2.45, 2.75) is 31.2 Å². The lowest BCUT2D eigenvalue weighted by Gasteiger charge is -2.48. The molecule has 0 aromatic heterocycles. The molecule has 2 N–H and O–H groups in total. The second kappa shape index (κ2) is 6.08. The molecule has 2 rings (SSSR count). The smallest absolute Gasteiger partial charge is 0.150 e. The number of likely N-dealkylation sites (tertiary alicyclic amines) is 1. The second-order valence-electron chi connectivity index (χ2n) is 5.97.